The van der Waals surface area contributed by atoms with E-state index in [1.54, 1.807) is 0 Å². The van der Waals surface area contributed by atoms with Crippen LogP contribution in [0.1, 0.15) is 309 Å². The van der Waals surface area contributed by atoms with Crippen LogP contribution in [0.15, 0.2) is 36.5 Å². The number of rotatable bonds is 53. The molecule has 0 aliphatic rings. The molecule has 1 N–H and O–H groups in total. The molecule has 376 valence electrons. The Bertz CT molecular complexity index is 1020. The molecular formula is C59H110O5. The van der Waals surface area contributed by atoms with Gasteiger partial charge in [-0.05, 0) is 70.6 Å². The van der Waals surface area contributed by atoms with Crippen LogP contribution in [0.4, 0.5) is 0 Å². The van der Waals surface area contributed by atoms with Crippen LogP contribution < -0.4 is 0 Å². The van der Waals surface area contributed by atoms with Gasteiger partial charge in [0.05, 0.1) is 6.61 Å². The molecule has 0 saturated carbocycles. The van der Waals surface area contributed by atoms with Crippen LogP contribution >= 0.6 is 0 Å². The van der Waals surface area contributed by atoms with Crippen LogP contribution in [0, 0.1) is 0 Å². The fourth-order valence-electron chi connectivity index (χ4n) is 8.58. The lowest BCUT2D eigenvalue weighted by atomic mass is 10.0. The summed E-state index contributed by atoms with van der Waals surface area (Å²) in [5, 5.41) is 9.65. The number of ether oxygens (including phenoxy) is 2. The summed E-state index contributed by atoms with van der Waals surface area (Å²) in [6, 6.07) is 0. The molecule has 0 bridgehead atoms. The van der Waals surface area contributed by atoms with Crippen molar-refractivity contribution >= 4 is 11.9 Å². The summed E-state index contributed by atoms with van der Waals surface area (Å²) in [4.78, 5) is 24.5. The number of carbonyl (C=O) groups excluding carboxylic acids is 2. The molecule has 0 aromatic carbocycles. The first kappa shape index (κ1) is 62.1. The van der Waals surface area contributed by atoms with Crippen LogP contribution in [0.3, 0.4) is 0 Å². The topological polar surface area (TPSA) is 72.8 Å². The van der Waals surface area contributed by atoms with Gasteiger partial charge in [-0.2, -0.15) is 0 Å². The molecule has 1 atom stereocenters. The lowest BCUT2D eigenvalue weighted by Gasteiger charge is -2.15. The maximum Gasteiger partial charge on any atom is 0.306 e. The monoisotopic (exact) mass is 899 g/mol. The molecule has 0 fully saturated rings. The van der Waals surface area contributed by atoms with Crippen molar-refractivity contribution in [1.82, 2.24) is 0 Å². The Kier molecular flexibility index (Phi) is 53.8. The molecule has 0 spiro atoms. The fourth-order valence-corrected chi connectivity index (χ4v) is 8.58. The number of hydrogen-bond acceptors (Lipinski definition) is 5. The molecule has 0 aliphatic heterocycles. The summed E-state index contributed by atoms with van der Waals surface area (Å²) in [7, 11) is 0. The largest absolute Gasteiger partial charge is 0.462 e. The van der Waals surface area contributed by atoms with E-state index in [9.17, 15) is 14.7 Å². The average molecular weight is 900 g/mol. The minimum absolute atomic E-state index is 0.0624. The van der Waals surface area contributed by atoms with Gasteiger partial charge in [0.2, 0.25) is 0 Å². The highest BCUT2D eigenvalue weighted by molar-refractivity contribution is 5.70. The Hall–Kier alpha value is -1.88. The highest BCUT2D eigenvalue weighted by atomic mass is 16.6. The van der Waals surface area contributed by atoms with E-state index < -0.39 is 6.10 Å². The van der Waals surface area contributed by atoms with Gasteiger partial charge in [-0.1, -0.05) is 262 Å². The second kappa shape index (κ2) is 55.4. The fraction of sp³-hybridized carbons (Fsp3) is 0.864. The van der Waals surface area contributed by atoms with Gasteiger partial charge in [0.1, 0.15) is 6.61 Å². The third-order valence-electron chi connectivity index (χ3n) is 12.9. The van der Waals surface area contributed by atoms with Gasteiger partial charge >= 0.3 is 11.9 Å². The molecule has 1 unspecified atom stereocenters. The highest BCUT2D eigenvalue weighted by Crippen LogP contribution is 2.17. The summed E-state index contributed by atoms with van der Waals surface area (Å²) in [6.07, 6.45) is 71.2. The molecule has 64 heavy (non-hydrogen) atoms. The van der Waals surface area contributed by atoms with Crippen molar-refractivity contribution < 1.29 is 24.2 Å². The Morgan fingerprint density at radius 3 is 0.938 bits per heavy atom. The predicted octanol–water partition coefficient (Wildman–Crippen LogP) is 19.1. The van der Waals surface area contributed by atoms with Gasteiger partial charge in [0.25, 0.3) is 0 Å². The normalized spacial score (nSPS) is 12.4. The third kappa shape index (κ3) is 52.7. The number of carbonyl (C=O) groups is 2. The van der Waals surface area contributed by atoms with Crippen LogP contribution in [-0.4, -0.2) is 36.4 Å². The molecule has 0 saturated heterocycles. The zero-order valence-corrected chi connectivity index (χ0v) is 43.1. The highest BCUT2D eigenvalue weighted by Gasteiger charge is 2.16. The van der Waals surface area contributed by atoms with E-state index in [-0.39, 0.29) is 25.2 Å². The summed E-state index contributed by atoms with van der Waals surface area (Å²) in [5.41, 5.74) is 0. The summed E-state index contributed by atoms with van der Waals surface area (Å²) in [6.45, 7) is 4.17. The second-order valence-electron chi connectivity index (χ2n) is 19.4. The average Bonchev–Trinajstić information content (AvgIpc) is 3.30. The minimum Gasteiger partial charge on any atom is -0.462 e. The Labute approximate surface area is 399 Å². The Morgan fingerprint density at radius 2 is 0.625 bits per heavy atom. The number of unbranched alkanes of at least 4 members (excludes halogenated alkanes) is 39. The lowest BCUT2D eigenvalue weighted by Crippen LogP contribution is -2.28. The maximum absolute atomic E-state index is 12.3. The Balaban J connectivity index is 3.45. The van der Waals surface area contributed by atoms with Crippen molar-refractivity contribution in [3.05, 3.63) is 36.5 Å². The number of aliphatic hydroxyl groups is 1. The first-order valence-corrected chi connectivity index (χ1v) is 28.5. The van der Waals surface area contributed by atoms with E-state index in [0.717, 1.165) is 44.9 Å². The van der Waals surface area contributed by atoms with Gasteiger partial charge < -0.3 is 14.6 Å². The molecule has 5 heteroatoms. The van der Waals surface area contributed by atoms with Crippen molar-refractivity contribution in [2.45, 2.75) is 315 Å². The summed E-state index contributed by atoms with van der Waals surface area (Å²) < 4.78 is 10.7. The van der Waals surface area contributed by atoms with Gasteiger partial charge in [-0.25, -0.2) is 0 Å². The standard InChI is InChI=1S/C59H110O5/c1-3-5-7-9-11-13-15-17-19-21-23-25-27-29-31-33-35-37-39-41-43-45-47-49-51-53-58(61)63-56-57(55-60)64-59(62)54-52-50-48-46-44-42-40-38-36-34-32-30-28-26-24-22-20-18-16-14-12-10-8-6-4-2/h16,18,21-24,57,60H,3-15,17,19-20,25-56H2,1-2H3/b18-16-,23-21-,24-22-. The Morgan fingerprint density at radius 1 is 0.359 bits per heavy atom. The number of esters is 2. The molecule has 0 aliphatic carbocycles. The smallest absolute Gasteiger partial charge is 0.306 e. The SMILES string of the molecule is CCCCCCC/C=C\C/C=C\CCCCCCCCCCCCCCCC(=O)OC(CO)COC(=O)CCCCCCCCCCCCCCC/C=C\CCCCCCCCCC. The zero-order chi connectivity index (χ0) is 46.3. The molecule has 0 radical (unpaired) electrons. The summed E-state index contributed by atoms with van der Waals surface area (Å²) >= 11 is 0. The first-order chi connectivity index (χ1) is 31.6. The number of allylic oxidation sites excluding steroid dienone is 6. The van der Waals surface area contributed by atoms with E-state index in [4.69, 9.17) is 9.47 Å². The predicted molar refractivity (Wildman–Crippen MR) is 279 cm³/mol. The quantitative estimate of drug-likeness (QED) is 0.0374. The summed E-state index contributed by atoms with van der Waals surface area (Å²) in [5.74, 6) is -0.576. The molecule has 0 heterocycles. The van der Waals surface area contributed by atoms with E-state index in [0.29, 0.717) is 12.8 Å². The minimum atomic E-state index is -0.771. The first-order valence-electron chi connectivity index (χ1n) is 28.5. The lowest BCUT2D eigenvalue weighted by molar-refractivity contribution is -0.161. The molecule has 0 aromatic heterocycles. The third-order valence-corrected chi connectivity index (χ3v) is 12.9. The van der Waals surface area contributed by atoms with E-state index in [1.807, 2.05) is 0 Å². The maximum atomic E-state index is 12.3. The van der Waals surface area contributed by atoms with Crippen molar-refractivity contribution in [1.29, 1.82) is 0 Å². The van der Waals surface area contributed by atoms with Crippen LogP contribution in [-0.2, 0) is 19.1 Å². The molecule has 0 aromatic rings. The molecule has 0 rings (SSSR count). The molecular weight excluding hydrogens is 789 g/mol. The number of aliphatic hydroxyl groups excluding tert-OH is 1. The molecule has 0 amide bonds. The van der Waals surface area contributed by atoms with Crippen LogP contribution in [0.2, 0.25) is 0 Å². The number of hydrogen-bond donors (Lipinski definition) is 1. The van der Waals surface area contributed by atoms with Crippen molar-refractivity contribution in [2.75, 3.05) is 13.2 Å². The van der Waals surface area contributed by atoms with Crippen molar-refractivity contribution in [3.8, 4) is 0 Å². The van der Waals surface area contributed by atoms with E-state index in [2.05, 4.69) is 50.3 Å². The van der Waals surface area contributed by atoms with Crippen LogP contribution in [0.25, 0.3) is 0 Å². The van der Waals surface area contributed by atoms with Gasteiger partial charge in [-0.3, -0.25) is 9.59 Å². The van der Waals surface area contributed by atoms with Gasteiger partial charge in [0, 0.05) is 12.8 Å². The van der Waals surface area contributed by atoms with E-state index >= 15 is 0 Å². The van der Waals surface area contributed by atoms with Crippen molar-refractivity contribution in [2.24, 2.45) is 0 Å². The zero-order valence-electron chi connectivity index (χ0n) is 43.1. The molecule has 5 nitrogen and oxygen atoms in total. The van der Waals surface area contributed by atoms with E-state index in [1.165, 1.54) is 238 Å². The second-order valence-corrected chi connectivity index (χ2v) is 19.4. The van der Waals surface area contributed by atoms with Gasteiger partial charge in [-0.15, -0.1) is 0 Å². The van der Waals surface area contributed by atoms with Crippen LogP contribution in [0.5, 0.6) is 0 Å². The van der Waals surface area contributed by atoms with Crippen molar-refractivity contribution in [3.63, 3.8) is 0 Å². The van der Waals surface area contributed by atoms with Gasteiger partial charge in [0.15, 0.2) is 6.10 Å².